The molecule has 29 heavy (non-hydrogen) atoms. The lowest BCUT2D eigenvalue weighted by Crippen LogP contribution is -2.34. The minimum Gasteiger partial charge on any atom is -0.506 e. The number of benzene rings is 1. The largest absolute Gasteiger partial charge is 0.506 e. The molecule has 1 aromatic carbocycles. The van der Waals surface area contributed by atoms with Gasteiger partial charge in [-0.05, 0) is 36.8 Å². The van der Waals surface area contributed by atoms with Crippen LogP contribution in [-0.2, 0) is 0 Å². The Morgan fingerprint density at radius 1 is 1.24 bits per heavy atom. The standard InChI is InChI=1S/C18H15BrN6O2S2/c1-9(12-8-28-16(15(12)26)10-2-4-11(19)5-3-10)20-23-18(27)14-7-6-13(29-14)17-21-24-25-22-17/h2-8,24-26H,1H3,(H,21,22)(H,23,27). The number of hydrazone groups is 2. The normalized spacial score (nSPS) is 13.6. The number of aromatic hydroxyl groups is 1. The number of thiophene rings is 2. The Kier molecular flexibility index (Phi) is 5.62. The maximum Gasteiger partial charge on any atom is 0.281 e. The summed E-state index contributed by atoms with van der Waals surface area (Å²) in [5.74, 6) is 0.428. The van der Waals surface area contributed by atoms with Crippen molar-refractivity contribution in [2.24, 2.45) is 10.2 Å². The van der Waals surface area contributed by atoms with Gasteiger partial charge in [0.1, 0.15) is 5.75 Å². The van der Waals surface area contributed by atoms with Gasteiger partial charge in [-0.3, -0.25) is 10.2 Å². The molecule has 0 saturated carbocycles. The molecule has 8 nitrogen and oxygen atoms in total. The summed E-state index contributed by atoms with van der Waals surface area (Å²) in [5.41, 5.74) is 12.6. The molecular weight excluding hydrogens is 476 g/mol. The van der Waals surface area contributed by atoms with Gasteiger partial charge in [0, 0.05) is 9.85 Å². The van der Waals surface area contributed by atoms with Crippen LogP contribution in [0.5, 0.6) is 5.75 Å². The zero-order valence-corrected chi connectivity index (χ0v) is 18.2. The zero-order chi connectivity index (χ0) is 20.4. The van der Waals surface area contributed by atoms with Crippen molar-refractivity contribution in [1.29, 1.82) is 0 Å². The van der Waals surface area contributed by atoms with E-state index in [0.717, 1.165) is 19.8 Å². The van der Waals surface area contributed by atoms with Crippen molar-refractivity contribution in [3.05, 3.63) is 61.6 Å². The van der Waals surface area contributed by atoms with E-state index in [4.69, 9.17) is 0 Å². The van der Waals surface area contributed by atoms with Crippen molar-refractivity contribution in [3.63, 3.8) is 0 Å². The zero-order valence-electron chi connectivity index (χ0n) is 15.0. The maximum absolute atomic E-state index is 12.4. The van der Waals surface area contributed by atoms with Crippen LogP contribution < -0.4 is 21.9 Å². The molecule has 5 N–H and O–H groups in total. The quantitative estimate of drug-likeness (QED) is 0.278. The van der Waals surface area contributed by atoms with E-state index < -0.39 is 0 Å². The van der Waals surface area contributed by atoms with Crippen LogP contribution in [0.25, 0.3) is 10.4 Å². The Labute approximate surface area is 182 Å². The Balaban J connectivity index is 1.48. The van der Waals surface area contributed by atoms with E-state index in [9.17, 15) is 9.90 Å². The Bertz CT molecular complexity index is 1120. The lowest BCUT2D eigenvalue weighted by molar-refractivity contribution is 0.0959. The number of nitrogens with one attached hydrogen (secondary N) is 4. The average molecular weight is 491 g/mol. The Hall–Kier alpha value is -2.73. The van der Waals surface area contributed by atoms with Crippen molar-refractivity contribution in [2.45, 2.75) is 6.92 Å². The van der Waals surface area contributed by atoms with Crippen LogP contribution in [0.1, 0.15) is 27.0 Å². The molecule has 0 bridgehead atoms. The van der Waals surface area contributed by atoms with E-state index in [-0.39, 0.29) is 11.7 Å². The minimum absolute atomic E-state index is 0.150. The SMILES string of the molecule is CC(=NNC(=O)c1ccc(C2=NNNN2)s1)c1csc(-c2ccc(Br)cc2)c1O. The summed E-state index contributed by atoms with van der Waals surface area (Å²) in [4.78, 5) is 14.4. The summed E-state index contributed by atoms with van der Waals surface area (Å²) in [6.45, 7) is 1.74. The first-order valence-corrected chi connectivity index (χ1v) is 10.9. The van der Waals surface area contributed by atoms with Gasteiger partial charge in [-0.25, -0.2) is 11.0 Å². The molecule has 0 atom stereocenters. The number of hydrazine groups is 2. The van der Waals surface area contributed by atoms with Gasteiger partial charge in [0.15, 0.2) is 5.84 Å². The first kappa shape index (κ1) is 19.6. The molecule has 0 spiro atoms. The predicted molar refractivity (Wildman–Crippen MR) is 119 cm³/mol. The highest BCUT2D eigenvalue weighted by atomic mass is 79.9. The van der Waals surface area contributed by atoms with Gasteiger partial charge in [0.05, 0.1) is 25.9 Å². The molecule has 0 aliphatic carbocycles. The summed E-state index contributed by atoms with van der Waals surface area (Å²) < 4.78 is 0.970. The molecule has 1 aliphatic rings. The number of carbonyl (C=O) groups excluding carboxylic acids is 1. The number of rotatable bonds is 5. The highest BCUT2D eigenvalue weighted by molar-refractivity contribution is 9.10. The highest BCUT2D eigenvalue weighted by Gasteiger charge is 2.17. The third-order valence-electron chi connectivity index (χ3n) is 4.05. The first-order valence-electron chi connectivity index (χ1n) is 8.38. The molecule has 1 amide bonds. The van der Waals surface area contributed by atoms with E-state index in [0.29, 0.717) is 22.0 Å². The van der Waals surface area contributed by atoms with Gasteiger partial charge in [0.25, 0.3) is 5.91 Å². The number of amides is 1. The highest BCUT2D eigenvalue weighted by Crippen LogP contribution is 2.39. The van der Waals surface area contributed by atoms with Gasteiger partial charge in [-0.2, -0.15) is 5.10 Å². The second-order valence-electron chi connectivity index (χ2n) is 5.96. The van der Waals surface area contributed by atoms with E-state index in [1.54, 1.807) is 19.1 Å². The van der Waals surface area contributed by atoms with Crippen molar-refractivity contribution in [2.75, 3.05) is 0 Å². The summed E-state index contributed by atoms with van der Waals surface area (Å²) in [5, 5.41) is 20.6. The van der Waals surface area contributed by atoms with E-state index >= 15 is 0 Å². The summed E-state index contributed by atoms with van der Waals surface area (Å²) in [6, 6.07) is 11.2. The molecule has 2 aromatic heterocycles. The fourth-order valence-corrected chi connectivity index (χ4v) is 4.68. The van der Waals surface area contributed by atoms with Crippen LogP contribution in [0.15, 0.2) is 56.5 Å². The van der Waals surface area contributed by atoms with Crippen molar-refractivity contribution in [1.82, 2.24) is 21.9 Å². The molecular formula is C18H15BrN6O2S2. The molecule has 0 fully saturated rings. The number of hydrogen-bond donors (Lipinski definition) is 5. The average Bonchev–Trinajstić information content (AvgIpc) is 3.47. The number of carbonyl (C=O) groups is 1. The number of hydrogen-bond acceptors (Lipinski definition) is 9. The third-order valence-corrected chi connectivity index (χ3v) is 6.69. The maximum atomic E-state index is 12.4. The molecule has 148 valence electrons. The van der Waals surface area contributed by atoms with Crippen LogP contribution in [0, 0.1) is 0 Å². The van der Waals surface area contributed by atoms with Crippen LogP contribution in [0.4, 0.5) is 0 Å². The van der Waals surface area contributed by atoms with Crippen LogP contribution >= 0.6 is 38.6 Å². The van der Waals surface area contributed by atoms with Gasteiger partial charge < -0.3 is 5.11 Å². The number of nitrogens with zero attached hydrogens (tertiary/aromatic N) is 2. The van der Waals surface area contributed by atoms with Gasteiger partial charge in [-0.15, -0.1) is 33.3 Å². The molecule has 3 aromatic rings. The molecule has 0 unspecified atom stereocenters. The Morgan fingerprint density at radius 2 is 2.03 bits per heavy atom. The monoisotopic (exact) mass is 490 g/mol. The Morgan fingerprint density at radius 3 is 2.76 bits per heavy atom. The van der Waals surface area contributed by atoms with Crippen LogP contribution in [0.2, 0.25) is 0 Å². The summed E-state index contributed by atoms with van der Waals surface area (Å²) >= 11 is 6.11. The van der Waals surface area contributed by atoms with Crippen LogP contribution in [0.3, 0.4) is 0 Å². The molecule has 1 aliphatic heterocycles. The summed E-state index contributed by atoms with van der Waals surface area (Å²) in [6.07, 6.45) is 0. The minimum atomic E-state index is -0.331. The predicted octanol–water partition coefficient (Wildman–Crippen LogP) is 3.37. The smallest absolute Gasteiger partial charge is 0.281 e. The van der Waals surface area contributed by atoms with Crippen molar-refractivity contribution in [3.8, 4) is 16.2 Å². The van der Waals surface area contributed by atoms with Gasteiger partial charge in [-0.1, -0.05) is 28.1 Å². The van der Waals surface area contributed by atoms with Crippen molar-refractivity contribution < 1.29 is 9.90 Å². The topological polar surface area (TPSA) is 110 Å². The van der Waals surface area contributed by atoms with Crippen LogP contribution in [-0.4, -0.2) is 22.6 Å². The van der Waals surface area contributed by atoms with Crippen molar-refractivity contribution >= 4 is 56.1 Å². The first-order chi connectivity index (χ1) is 14.0. The fourth-order valence-electron chi connectivity index (χ4n) is 2.57. The van der Waals surface area contributed by atoms with E-state index in [2.05, 4.69) is 48.1 Å². The lowest BCUT2D eigenvalue weighted by atomic mass is 10.1. The number of halogens is 1. The lowest BCUT2D eigenvalue weighted by Gasteiger charge is -2.03. The fraction of sp³-hybridized carbons (Fsp3) is 0.0556. The molecule has 11 heteroatoms. The summed E-state index contributed by atoms with van der Waals surface area (Å²) in [7, 11) is 0. The molecule has 3 heterocycles. The van der Waals surface area contributed by atoms with E-state index in [1.165, 1.54) is 22.7 Å². The van der Waals surface area contributed by atoms with E-state index in [1.807, 2.05) is 29.6 Å². The number of amidine groups is 1. The molecule has 0 saturated heterocycles. The van der Waals surface area contributed by atoms with Gasteiger partial charge in [0.2, 0.25) is 0 Å². The third kappa shape index (κ3) is 4.17. The molecule has 0 radical (unpaired) electrons. The molecule has 4 rings (SSSR count). The second-order valence-corrected chi connectivity index (χ2v) is 8.84. The second kappa shape index (κ2) is 8.33. The van der Waals surface area contributed by atoms with Gasteiger partial charge >= 0.3 is 0 Å².